The minimum absolute atomic E-state index is 0.0782. The van der Waals surface area contributed by atoms with Gasteiger partial charge in [-0.2, -0.15) is 0 Å². The first-order chi connectivity index (χ1) is 12.1. The summed E-state index contributed by atoms with van der Waals surface area (Å²) in [6.45, 7) is 6.60. The molecule has 0 aliphatic carbocycles. The molecule has 0 bridgehead atoms. The zero-order chi connectivity index (χ0) is 17.6. The molecule has 4 nitrogen and oxygen atoms in total. The van der Waals surface area contributed by atoms with Crippen molar-refractivity contribution in [2.45, 2.75) is 13.5 Å². The molecule has 2 aromatic rings. The minimum Gasteiger partial charge on any atom is -0.368 e. The highest BCUT2D eigenvalue weighted by Crippen LogP contribution is 2.25. The second kappa shape index (κ2) is 8.37. The SMILES string of the molecule is Cc1ccccc1CNC(=O)CN1CCN(c2ccccc2Cl)CC1. The zero-order valence-corrected chi connectivity index (χ0v) is 15.3. The van der Waals surface area contributed by atoms with Crippen molar-refractivity contribution in [2.24, 2.45) is 0 Å². The van der Waals surface area contributed by atoms with Gasteiger partial charge in [0, 0.05) is 32.7 Å². The van der Waals surface area contributed by atoms with Gasteiger partial charge in [0.15, 0.2) is 0 Å². The second-order valence-corrected chi connectivity index (χ2v) is 6.83. The van der Waals surface area contributed by atoms with Crippen LogP contribution in [0.15, 0.2) is 48.5 Å². The molecule has 1 saturated heterocycles. The molecule has 1 N–H and O–H groups in total. The monoisotopic (exact) mass is 357 g/mol. The highest BCUT2D eigenvalue weighted by atomic mass is 35.5. The Bertz CT molecular complexity index is 726. The highest BCUT2D eigenvalue weighted by Gasteiger charge is 2.20. The Balaban J connectivity index is 1.45. The van der Waals surface area contributed by atoms with Crippen LogP contribution in [0, 0.1) is 6.92 Å². The van der Waals surface area contributed by atoms with Crippen LogP contribution in [0.4, 0.5) is 5.69 Å². The van der Waals surface area contributed by atoms with E-state index in [1.807, 2.05) is 36.4 Å². The summed E-state index contributed by atoms with van der Waals surface area (Å²) in [6.07, 6.45) is 0. The average molecular weight is 358 g/mol. The van der Waals surface area contributed by atoms with Gasteiger partial charge in [0.2, 0.25) is 5.91 Å². The number of rotatable bonds is 5. The summed E-state index contributed by atoms with van der Waals surface area (Å²) in [7, 11) is 0. The van der Waals surface area contributed by atoms with Crippen LogP contribution < -0.4 is 10.2 Å². The van der Waals surface area contributed by atoms with E-state index in [-0.39, 0.29) is 5.91 Å². The molecule has 0 atom stereocenters. The van der Waals surface area contributed by atoms with E-state index >= 15 is 0 Å². The van der Waals surface area contributed by atoms with E-state index in [0.717, 1.165) is 36.9 Å². The Morgan fingerprint density at radius 2 is 1.72 bits per heavy atom. The minimum atomic E-state index is 0.0782. The number of benzene rings is 2. The third-order valence-corrected chi connectivity index (χ3v) is 4.99. The zero-order valence-electron chi connectivity index (χ0n) is 14.5. The Morgan fingerprint density at radius 1 is 1.04 bits per heavy atom. The number of nitrogens with zero attached hydrogens (tertiary/aromatic N) is 2. The van der Waals surface area contributed by atoms with Crippen molar-refractivity contribution >= 4 is 23.2 Å². The molecular weight excluding hydrogens is 334 g/mol. The molecule has 1 heterocycles. The third kappa shape index (κ3) is 4.74. The van der Waals surface area contributed by atoms with Crippen molar-refractivity contribution in [1.82, 2.24) is 10.2 Å². The maximum Gasteiger partial charge on any atom is 0.234 e. The summed E-state index contributed by atoms with van der Waals surface area (Å²) in [5, 5.41) is 3.81. The number of aryl methyl sites for hydroxylation is 1. The van der Waals surface area contributed by atoms with Gasteiger partial charge in [-0.1, -0.05) is 48.0 Å². The number of carbonyl (C=O) groups is 1. The largest absolute Gasteiger partial charge is 0.368 e. The number of amides is 1. The fourth-order valence-electron chi connectivity index (χ4n) is 3.12. The lowest BCUT2D eigenvalue weighted by atomic mass is 10.1. The van der Waals surface area contributed by atoms with Crippen LogP contribution in [-0.2, 0) is 11.3 Å². The van der Waals surface area contributed by atoms with Crippen molar-refractivity contribution in [2.75, 3.05) is 37.6 Å². The lowest BCUT2D eigenvalue weighted by molar-refractivity contribution is -0.122. The number of piperazine rings is 1. The van der Waals surface area contributed by atoms with E-state index < -0.39 is 0 Å². The van der Waals surface area contributed by atoms with Crippen LogP contribution >= 0.6 is 11.6 Å². The number of carbonyl (C=O) groups excluding carboxylic acids is 1. The van der Waals surface area contributed by atoms with E-state index in [1.165, 1.54) is 11.1 Å². The molecule has 25 heavy (non-hydrogen) atoms. The topological polar surface area (TPSA) is 35.6 Å². The first-order valence-electron chi connectivity index (χ1n) is 8.66. The molecule has 2 aromatic carbocycles. The fraction of sp³-hybridized carbons (Fsp3) is 0.350. The molecule has 1 aliphatic heterocycles. The molecule has 0 radical (unpaired) electrons. The number of para-hydroxylation sites is 1. The van der Waals surface area contributed by atoms with Crippen LogP contribution in [0.2, 0.25) is 5.02 Å². The molecule has 3 rings (SSSR count). The van der Waals surface area contributed by atoms with E-state index in [9.17, 15) is 4.79 Å². The van der Waals surface area contributed by atoms with Crippen LogP contribution in [-0.4, -0.2) is 43.5 Å². The molecule has 1 aliphatic rings. The Morgan fingerprint density at radius 3 is 2.44 bits per heavy atom. The molecule has 0 unspecified atom stereocenters. The third-order valence-electron chi connectivity index (χ3n) is 4.67. The number of anilines is 1. The van der Waals surface area contributed by atoms with Gasteiger partial charge in [-0.05, 0) is 30.2 Å². The number of hydrogen-bond donors (Lipinski definition) is 1. The standard InChI is InChI=1S/C20H24ClN3O/c1-16-6-2-3-7-17(16)14-22-20(25)15-23-10-12-24(13-11-23)19-9-5-4-8-18(19)21/h2-9H,10-15H2,1H3,(H,22,25). The molecular formula is C20H24ClN3O. The normalized spacial score (nSPS) is 15.2. The average Bonchev–Trinajstić information content (AvgIpc) is 2.62. The van der Waals surface area contributed by atoms with Gasteiger partial charge in [-0.3, -0.25) is 9.69 Å². The van der Waals surface area contributed by atoms with Gasteiger partial charge in [-0.15, -0.1) is 0 Å². The summed E-state index contributed by atoms with van der Waals surface area (Å²) >= 11 is 6.27. The van der Waals surface area contributed by atoms with Gasteiger partial charge < -0.3 is 10.2 Å². The summed E-state index contributed by atoms with van der Waals surface area (Å²) < 4.78 is 0. The molecule has 0 saturated carbocycles. The number of hydrogen-bond acceptors (Lipinski definition) is 3. The first-order valence-corrected chi connectivity index (χ1v) is 9.04. The maximum absolute atomic E-state index is 12.2. The molecule has 132 valence electrons. The maximum atomic E-state index is 12.2. The lowest BCUT2D eigenvalue weighted by Gasteiger charge is -2.36. The molecule has 1 amide bonds. The van der Waals surface area contributed by atoms with Gasteiger partial charge in [-0.25, -0.2) is 0 Å². The summed E-state index contributed by atoms with van der Waals surface area (Å²) in [5.41, 5.74) is 3.45. The van der Waals surface area contributed by atoms with Crippen molar-refractivity contribution in [3.05, 3.63) is 64.7 Å². The predicted octanol–water partition coefficient (Wildman–Crippen LogP) is 3.09. The molecule has 0 spiro atoms. The summed E-state index contributed by atoms with van der Waals surface area (Å²) in [4.78, 5) is 16.7. The molecule has 1 fully saturated rings. The van der Waals surface area contributed by atoms with Crippen LogP contribution in [0.5, 0.6) is 0 Å². The Hall–Kier alpha value is -2.04. The first kappa shape index (κ1) is 17.8. The summed E-state index contributed by atoms with van der Waals surface area (Å²) in [6, 6.07) is 16.1. The second-order valence-electron chi connectivity index (χ2n) is 6.42. The van der Waals surface area contributed by atoms with E-state index in [4.69, 9.17) is 11.6 Å². The van der Waals surface area contributed by atoms with Crippen molar-refractivity contribution in [3.8, 4) is 0 Å². The van der Waals surface area contributed by atoms with Crippen molar-refractivity contribution < 1.29 is 4.79 Å². The fourth-order valence-corrected chi connectivity index (χ4v) is 3.37. The van der Waals surface area contributed by atoms with Crippen LogP contribution in [0.1, 0.15) is 11.1 Å². The van der Waals surface area contributed by atoms with Gasteiger partial charge in [0.25, 0.3) is 0 Å². The van der Waals surface area contributed by atoms with Crippen LogP contribution in [0.25, 0.3) is 0 Å². The van der Waals surface area contributed by atoms with Crippen LogP contribution in [0.3, 0.4) is 0 Å². The lowest BCUT2D eigenvalue weighted by Crippen LogP contribution is -2.49. The van der Waals surface area contributed by atoms with Crippen molar-refractivity contribution in [1.29, 1.82) is 0 Å². The predicted molar refractivity (Wildman–Crippen MR) is 103 cm³/mol. The Labute approximate surface area is 154 Å². The van der Waals surface area contributed by atoms with E-state index in [0.29, 0.717) is 13.1 Å². The van der Waals surface area contributed by atoms with Crippen molar-refractivity contribution in [3.63, 3.8) is 0 Å². The molecule has 0 aromatic heterocycles. The summed E-state index contributed by atoms with van der Waals surface area (Å²) in [5.74, 6) is 0.0782. The van der Waals surface area contributed by atoms with E-state index in [1.54, 1.807) is 0 Å². The van der Waals surface area contributed by atoms with E-state index in [2.05, 4.69) is 34.2 Å². The van der Waals surface area contributed by atoms with Gasteiger partial charge in [0.1, 0.15) is 0 Å². The number of halogens is 1. The Kier molecular flexibility index (Phi) is 5.95. The quantitative estimate of drug-likeness (QED) is 0.893. The number of nitrogens with one attached hydrogen (secondary N) is 1. The van der Waals surface area contributed by atoms with Gasteiger partial charge in [0.05, 0.1) is 17.3 Å². The van der Waals surface area contributed by atoms with Gasteiger partial charge >= 0.3 is 0 Å². The molecule has 5 heteroatoms. The highest BCUT2D eigenvalue weighted by molar-refractivity contribution is 6.33. The smallest absolute Gasteiger partial charge is 0.234 e.